The topological polar surface area (TPSA) is 35.2 Å². The molecule has 0 radical (unpaired) electrons. The first kappa shape index (κ1) is 7.35. The van der Waals surface area contributed by atoms with Gasteiger partial charge in [-0.2, -0.15) is 0 Å². The van der Waals surface area contributed by atoms with Crippen LogP contribution in [0.5, 0.6) is 0 Å². The summed E-state index contributed by atoms with van der Waals surface area (Å²) in [4.78, 5) is 0. The van der Waals surface area contributed by atoms with Gasteiger partial charge in [0.05, 0.1) is 6.26 Å². The van der Waals surface area contributed by atoms with E-state index in [1.54, 1.807) is 6.26 Å². The van der Waals surface area contributed by atoms with Crippen molar-refractivity contribution in [1.29, 1.82) is 0 Å². The van der Waals surface area contributed by atoms with Gasteiger partial charge in [-0.05, 0) is 37.5 Å². The first-order chi connectivity index (χ1) is 4.63. The van der Waals surface area contributed by atoms with Crippen LogP contribution in [0.25, 0.3) is 0 Å². The molecule has 0 amide bonds. The smallest absolute Gasteiger partial charge is 0.169 e. The number of ether oxygens (including phenoxy) is 1. The molecule has 0 saturated heterocycles. The molecule has 2 heteroatoms. The van der Waals surface area contributed by atoms with E-state index < -0.39 is 0 Å². The second-order valence-corrected chi connectivity index (χ2v) is 2.67. The summed E-state index contributed by atoms with van der Waals surface area (Å²) >= 11 is 0. The van der Waals surface area contributed by atoms with Crippen molar-refractivity contribution in [2.24, 2.45) is 5.73 Å². The second-order valence-electron chi connectivity index (χ2n) is 2.67. The highest BCUT2D eigenvalue weighted by molar-refractivity contribution is 5.34. The van der Waals surface area contributed by atoms with Crippen molar-refractivity contribution in [3.63, 3.8) is 0 Å². The zero-order chi connectivity index (χ0) is 7.72. The van der Waals surface area contributed by atoms with Crippen molar-refractivity contribution >= 4 is 0 Å². The van der Waals surface area contributed by atoms with Crippen LogP contribution < -0.4 is 5.73 Å². The van der Waals surface area contributed by atoms with Crippen molar-refractivity contribution in [3.8, 4) is 0 Å². The maximum absolute atomic E-state index is 5.61. The lowest BCUT2D eigenvalue weighted by Crippen LogP contribution is -2.26. The average molecular weight is 139 g/mol. The molecular weight excluding hydrogens is 126 g/mol. The predicted octanol–water partition coefficient (Wildman–Crippen LogP) is 1.54. The molecule has 56 valence electrons. The molecule has 2 N–H and O–H groups in total. The third-order valence-electron chi connectivity index (χ3n) is 2.00. The summed E-state index contributed by atoms with van der Waals surface area (Å²) in [6.45, 7) is 6.07. The maximum atomic E-state index is 5.61. The van der Waals surface area contributed by atoms with E-state index in [1.165, 1.54) is 11.1 Å². The molecular formula is C8H13NO. The van der Waals surface area contributed by atoms with Crippen molar-refractivity contribution < 1.29 is 4.74 Å². The number of allylic oxidation sites excluding steroid dienone is 2. The van der Waals surface area contributed by atoms with Crippen molar-refractivity contribution in [2.75, 3.05) is 0 Å². The largest absolute Gasteiger partial charge is 0.479 e. The van der Waals surface area contributed by atoms with Gasteiger partial charge in [-0.15, -0.1) is 0 Å². The Bertz CT molecular complexity index is 203. The van der Waals surface area contributed by atoms with E-state index >= 15 is 0 Å². The molecule has 2 nitrogen and oxygen atoms in total. The predicted molar refractivity (Wildman–Crippen MR) is 41.2 cm³/mol. The van der Waals surface area contributed by atoms with Gasteiger partial charge >= 0.3 is 0 Å². The molecule has 0 spiro atoms. The van der Waals surface area contributed by atoms with Crippen LogP contribution in [0.3, 0.4) is 0 Å². The van der Waals surface area contributed by atoms with Crippen LogP contribution in [-0.2, 0) is 4.74 Å². The third kappa shape index (κ3) is 1.07. The molecule has 10 heavy (non-hydrogen) atoms. The van der Waals surface area contributed by atoms with E-state index in [-0.39, 0.29) is 6.23 Å². The number of hydrogen-bond acceptors (Lipinski definition) is 2. The molecule has 0 saturated carbocycles. The van der Waals surface area contributed by atoms with Gasteiger partial charge in [0, 0.05) is 0 Å². The van der Waals surface area contributed by atoms with Crippen LogP contribution in [0, 0.1) is 0 Å². The Balaban J connectivity index is 2.94. The minimum Gasteiger partial charge on any atom is -0.479 e. The van der Waals surface area contributed by atoms with Crippen LogP contribution in [0.2, 0.25) is 0 Å². The lowest BCUT2D eigenvalue weighted by Gasteiger charge is -2.20. The summed E-state index contributed by atoms with van der Waals surface area (Å²) in [5.41, 5.74) is 9.15. The minimum atomic E-state index is -0.233. The van der Waals surface area contributed by atoms with Crippen molar-refractivity contribution in [1.82, 2.24) is 0 Å². The number of rotatable bonds is 0. The van der Waals surface area contributed by atoms with E-state index in [4.69, 9.17) is 10.5 Å². The molecule has 0 aromatic heterocycles. The Morgan fingerprint density at radius 3 is 2.50 bits per heavy atom. The van der Waals surface area contributed by atoms with E-state index in [0.29, 0.717) is 0 Å². The highest BCUT2D eigenvalue weighted by Crippen LogP contribution is 2.20. The summed E-state index contributed by atoms with van der Waals surface area (Å²) < 4.78 is 5.13. The monoisotopic (exact) mass is 139 g/mol. The maximum Gasteiger partial charge on any atom is 0.169 e. The fourth-order valence-corrected chi connectivity index (χ4v) is 0.890. The van der Waals surface area contributed by atoms with E-state index in [9.17, 15) is 0 Å². The molecule has 0 bridgehead atoms. The summed E-state index contributed by atoms with van der Waals surface area (Å²) in [6, 6.07) is 0. The fourth-order valence-electron chi connectivity index (χ4n) is 0.890. The van der Waals surface area contributed by atoms with Gasteiger partial charge in [0.1, 0.15) is 0 Å². The van der Waals surface area contributed by atoms with Gasteiger partial charge in [0.25, 0.3) is 0 Å². The molecule has 1 atom stereocenters. The quantitative estimate of drug-likeness (QED) is 0.552. The van der Waals surface area contributed by atoms with E-state index in [2.05, 4.69) is 6.92 Å². The average Bonchev–Trinajstić information content (AvgIpc) is 1.93. The van der Waals surface area contributed by atoms with Gasteiger partial charge in [-0.3, -0.25) is 5.73 Å². The molecule has 1 aliphatic rings. The van der Waals surface area contributed by atoms with Gasteiger partial charge < -0.3 is 4.74 Å². The van der Waals surface area contributed by atoms with Crippen molar-refractivity contribution in [2.45, 2.75) is 27.0 Å². The third-order valence-corrected chi connectivity index (χ3v) is 2.00. The molecule has 1 heterocycles. The summed E-state index contributed by atoms with van der Waals surface area (Å²) in [5.74, 6) is 0. The van der Waals surface area contributed by atoms with Crippen LogP contribution in [0.15, 0.2) is 23.0 Å². The normalized spacial score (nSPS) is 26.0. The van der Waals surface area contributed by atoms with Crippen molar-refractivity contribution in [3.05, 3.63) is 23.0 Å². The van der Waals surface area contributed by atoms with E-state index in [1.807, 2.05) is 13.8 Å². The molecule has 1 unspecified atom stereocenters. The standard InChI is InChI=1S/C8H13NO/c1-5-4-10-8(9)7(3)6(5)2/h4,8H,9H2,1-3H3. The molecule has 0 aromatic rings. The van der Waals surface area contributed by atoms with Gasteiger partial charge in [-0.25, -0.2) is 0 Å². The number of nitrogens with two attached hydrogens (primary N) is 1. The highest BCUT2D eigenvalue weighted by atomic mass is 16.5. The van der Waals surface area contributed by atoms with Gasteiger partial charge in [0.15, 0.2) is 6.23 Å². The zero-order valence-corrected chi connectivity index (χ0v) is 6.64. The first-order valence-electron chi connectivity index (χ1n) is 3.38. The zero-order valence-electron chi connectivity index (χ0n) is 6.64. The van der Waals surface area contributed by atoms with Gasteiger partial charge in [0.2, 0.25) is 0 Å². The van der Waals surface area contributed by atoms with Crippen LogP contribution in [-0.4, -0.2) is 6.23 Å². The van der Waals surface area contributed by atoms with Crippen LogP contribution >= 0.6 is 0 Å². The second kappa shape index (κ2) is 2.46. The molecule has 0 aliphatic carbocycles. The van der Waals surface area contributed by atoms with E-state index in [0.717, 1.165) is 5.57 Å². The Morgan fingerprint density at radius 1 is 1.40 bits per heavy atom. The summed E-state index contributed by atoms with van der Waals surface area (Å²) in [5, 5.41) is 0. The molecule has 0 aromatic carbocycles. The Hall–Kier alpha value is -0.760. The Kier molecular flexibility index (Phi) is 1.81. The highest BCUT2D eigenvalue weighted by Gasteiger charge is 2.13. The Labute approximate surface area is 61.4 Å². The Morgan fingerprint density at radius 2 is 2.00 bits per heavy atom. The fraction of sp³-hybridized carbons (Fsp3) is 0.500. The number of hydrogen-bond donors (Lipinski definition) is 1. The SMILES string of the molecule is CC1=COC(N)C(C)=C1C. The minimum absolute atomic E-state index is 0.233. The summed E-state index contributed by atoms with van der Waals surface area (Å²) in [6.07, 6.45) is 1.48. The lowest BCUT2D eigenvalue weighted by atomic mass is 10.0. The molecule has 0 fully saturated rings. The molecule has 1 rings (SSSR count). The lowest BCUT2D eigenvalue weighted by molar-refractivity contribution is 0.174. The summed E-state index contributed by atoms with van der Waals surface area (Å²) in [7, 11) is 0. The molecule has 1 aliphatic heterocycles. The first-order valence-corrected chi connectivity index (χ1v) is 3.38. The van der Waals surface area contributed by atoms with Crippen LogP contribution in [0.4, 0.5) is 0 Å². The van der Waals surface area contributed by atoms with Crippen LogP contribution in [0.1, 0.15) is 20.8 Å². The van der Waals surface area contributed by atoms with Gasteiger partial charge in [-0.1, -0.05) is 0 Å².